The first kappa shape index (κ1) is 16.5. The second-order valence-electron chi connectivity index (χ2n) is 5.16. The molecule has 23 heavy (non-hydrogen) atoms. The summed E-state index contributed by atoms with van der Waals surface area (Å²) >= 11 is 0. The lowest BCUT2D eigenvalue weighted by atomic mass is 10.1. The lowest BCUT2D eigenvalue weighted by molar-refractivity contribution is -0.116. The quantitative estimate of drug-likeness (QED) is 0.872. The highest BCUT2D eigenvalue weighted by Gasteiger charge is 2.17. The molecule has 0 aliphatic heterocycles. The minimum absolute atomic E-state index is 0.0452. The maximum absolute atomic E-state index is 12.6. The summed E-state index contributed by atoms with van der Waals surface area (Å²) in [6, 6.07) is 14.3. The van der Waals surface area contributed by atoms with Crippen molar-refractivity contribution < 1.29 is 14.3 Å². The Kier molecular flexibility index (Phi) is 5.01. The normalized spacial score (nSPS) is 10.1. The van der Waals surface area contributed by atoms with Crippen LogP contribution >= 0.6 is 0 Å². The van der Waals surface area contributed by atoms with E-state index in [-0.39, 0.29) is 11.8 Å². The Hall–Kier alpha value is -2.82. The number of hydrogen-bond donors (Lipinski definition) is 0. The molecule has 120 valence electrons. The van der Waals surface area contributed by atoms with E-state index in [1.54, 1.807) is 49.2 Å². The Balaban J connectivity index is 2.24. The molecule has 0 radical (unpaired) electrons. The molecule has 0 aromatic heterocycles. The molecule has 0 unspecified atom stereocenters. The zero-order chi connectivity index (χ0) is 17.0. The van der Waals surface area contributed by atoms with Crippen molar-refractivity contribution in [3.63, 3.8) is 0 Å². The van der Waals surface area contributed by atoms with Crippen LogP contribution in [-0.4, -0.2) is 33.0 Å². The first-order chi connectivity index (χ1) is 11.0. The zero-order valence-corrected chi connectivity index (χ0v) is 13.7. The molecule has 0 aliphatic carbocycles. The van der Waals surface area contributed by atoms with E-state index in [0.717, 1.165) is 11.4 Å². The van der Waals surface area contributed by atoms with Crippen LogP contribution in [0.5, 0.6) is 5.75 Å². The van der Waals surface area contributed by atoms with Crippen LogP contribution in [0.25, 0.3) is 0 Å². The summed E-state index contributed by atoms with van der Waals surface area (Å²) in [6.07, 6.45) is 0. The van der Waals surface area contributed by atoms with Gasteiger partial charge in [-0.15, -0.1) is 0 Å². The monoisotopic (exact) mass is 312 g/mol. The molecule has 0 saturated carbocycles. The molecular formula is C18H20N2O3. The molecule has 2 amide bonds. The lowest BCUT2D eigenvalue weighted by Crippen LogP contribution is -2.27. The molecule has 0 fully saturated rings. The average Bonchev–Trinajstić information content (AvgIpc) is 2.59. The lowest BCUT2D eigenvalue weighted by Gasteiger charge is -2.20. The largest absolute Gasteiger partial charge is 0.496 e. The van der Waals surface area contributed by atoms with Crippen molar-refractivity contribution in [1.29, 1.82) is 0 Å². The molecule has 0 aliphatic rings. The number of amides is 2. The highest BCUT2D eigenvalue weighted by Crippen LogP contribution is 2.24. The van der Waals surface area contributed by atoms with Crippen LogP contribution in [-0.2, 0) is 4.79 Å². The number of anilines is 2. The van der Waals surface area contributed by atoms with Crippen LogP contribution < -0.4 is 14.5 Å². The molecule has 0 saturated heterocycles. The van der Waals surface area contributed by atoms with Gasteiger partial charge in [-0.2, -0.15) is 0 Å². The predicted octanol–water partition coefficient (Wildman–Crippen LogP) is 2.95. The fraction of sp³-hybridized carbons (Fsp3) is 0.222. The maximum Gasteiger partial charge on any atom is 0.261 e. The Morgan fingerprint density at radius 2 is 1.39 bits per heavy atom. The first-order valence-electron chi connectivity index (χ1n) is 7.21. The van der Waals surface area contributed by atoms with Crippen LogP contribution in [0.15, 0.2) is 48.5 Å². The van der Waals surface area contributed by atoms with Crippen molar-refractivity contribution in [2.45, 2.75) is 6.92 Å². The van der Waals surface area contributed by atoms with E-state index in [4.69, 9.17) is 4.74 Å². The number of benzene rings is 2. The first-order valence-corrected chi connectivity index (χ1v) is 7.21. The van der Waals surface area contributed by atoms with E-state index in [2.05, 4.69) is 0 Å². The number of nitrogens with zero attached hydrogens (tertiary/aromatic N) is 2. The summed E-state index contributed by atoms with van der Waals surface area (Å²) in [6.45, 7) is 1.51. The van der Waals surface area contributed by atoms with Crippen molar-refractivity contribution in [2.24, 2.45) is 0 Å². The minimum atomic E-state index is -0.157. The van der Waals surface area contributed by atoms with Gasteiger partial charge >= 0.3 is 0 Å². The molecule has 0 N–H and O–H groups in total. The highest BCUT2D eigenvalue weighted by molar-refractivity contribution is 6.07. The predicted molar refractivity (Wildman–Crippen MR) is 91.3 cm³/mol. The molecule has 0 heterocycles. The number of ether oxygens (including phenoxy) is 1. The van der Waals surface area contributed by atoms with Gasteiger partial charge in [0.1, 0.15) is 5.75 Å². The minimum Gasteiger partial charge on any atom is -0.496 e. The smallest absolute Gasteiger partial charge is 0.261 e. The Labute approximate surface area is 136 Å². The Bertz CT molecular complexity index is 710. The van der Waals surface area contributed by atoms with E-state index in [0.29, 0.717) is 11.3 Å². The molecule has 5 heteroatoms. The zero-order valence-electron chi connectivity index (χ0n) is 13.7. The van der Waals surface area contributed by atoms with Gasteiger partial charge in [-0.25, -0.2) is 0 Å². The summed E-state index contributed by atoms with van der Waals surface area (Å²) in [5.41, 5.74) is 2.02. The average molecular weight is 312 g/mol. The molecular weight excluding hydrogens is 292 g/mol. The van der Waals surface area contributed by atoms with Gasteiger partial charge in [-0.1, -0.05) is 12.1 Å². The summed E-state index contributed by atoms with van der Waals surface area (Å²) in [7, 11) is 4.96. The van der Waals surface area contributed by atoms with Gasteiger partial charge in [0, 0.05) is 32.4 Å². The second-order valence-corrected chi connectivity index (χ2v) is 5.16. The van der Waals surface area contributed by atoms with Crippen LogP contribution in [0.1, 0.15) is 17.3 Å². The van der Waals surface area contributed by atoms with E-state index in [1.165, 1.54) is 6.92 Å². The molecule has 2 aromatic rings. The molecule has 5 nitrogen and oxygen atoms in total. The Morgan fingerprint density at radius 3 is 1.91 bits per heavy atom. The molecule has 0 spiro atoms. The SMILES string of the molecule is COc1ccccc1C(=O)N(C)c1ccc(N(C)C(C)=O)cc1. The highest BCUT2D eigenvalue weighted by atomic mass is 16.5. The van der Waals surface area contributed by atoms with Crippen LogP contribution in [0.4, 0.5) is 11.4 Å². The Morgan fingerprint density at radius 1 is 0.870 bits per heavy atom. The van der Waals surface area contributed by atoms with Crippen LogP contribution in [0, 0.1) is 0 Å². The number of carbonyl (C=O) groups excluding carboxylic acids is 2. The molecule has 2 aromatic carbocycles. The van der Waals surface area contributed by atoms with Gasteiger partial charge in [-0.05, 0) is 36.4 Å². The van der Waals surface area contributed by atoms with Gasteiger partial charge in [0.05, 0.1) is 12.7 Å². The molecule has 0 bridgehead atoms. The van der Waals surface area contributed by atoms with Crippen molar-refractivity contribution >= 4 is 23.2 Å². The van der Waals surface area contributed by atoms with Crippen LogP contribution in [0.3, 0.4) is 0 Å². The summed E-state index contributed by atoms with van der Waals surface area (Å²) in [5, 5.41) is 0. The van der Waals surface area contributed by atoms with Gasteiger partial charge in [-0.3, -0.25) is 9.59 Å². The van der Waals surface area contributed by atoms with E-state index >= 15 is 0 Å². The third kappa shape index (κ3) is 3.51. The van der Waals surface area contributed by atoms with Crippen molar-refractivity contribution in [3.05, 3.63) is 54.1 Å². The fourth-order valence-corrected chi connectivity index (χ4v) is 2.20. The number of carbonyl (C=O) groups is 2. The van der Waals surface area contributed by atoms with Gasteiger partial charge in [0.2, 0.25) is 5.91 Å². The van der Waals surface area contributed by atoms with Gasteiger partial charge in [0.15, 0.2) is 0 Å². The molecule has 2 rings (SSSR count). The summed E-state index contributed by atoms with van der Waals surface area (Å²) < 4.78 is 5.24. The van der Waals surface area contributed by atoms with E-state index in [9.17, 15) is 9.59 Å². The van der Waals surface area contributed by atoms with Gasteiger partial charge < -0.3 is 14.5 Å². The fourth-order valence-electron chi connectivity index (χ4n) is 2.20. The topological polar surface area (TPSA) is 49.9 Å². The summed E-state index contributed by atoms with van der Waals surface area (Å²) in [4.78, 5) is 27.1. The number of hydrogen-bond acceptors (Lipinski definition) is 3. The standard InChI is InChI=1S/C18H20N2O3/c1-13(21)19(2)14-9-11-15(12-10-14)20(3)18(22)16-7-5-6-8-17(16)23-4/h5-12H,1-4H3. The molecule has 0 atom stereocenters. The second kappa shape index (κ2) is 6.96. The maximum atomic E-state index is 12.6. The van der Waals surface area contributed by atoms with E-state index in [1.807, 2.05) is 30.3 Å². The van der Waals surface area contributed by atoms with Crippen molar-refractivity contribution in [1.82, 2.24) is 0 Å². The number of para-hydroxylation sites is 1. The third-order valence-electron chi connectivity index (χ3n) is 3.74. The van der Waals surface area contributed by atoms with Gasteiger partial charge in [0.25, 0.3) is 5.91 Å². The summed E-state index contributed by atoms with van der Waals surface area (Å²) in [5.74, 6) is 0.337. The third-order valence-corrected chi connectivity index (χ3v) is 3.74. The number of methoxy groups -OCH3 is 1. The van der Waals surface area contributed by atoms with Crippen molar-refractivity contribution in [2.75, 3.05) is 31.0 Å². The van der Waals surface area contributed by atoms with E-state index < -0.39 is 0 Å². The van der Waals surface area contributed by atoms with Crippen molar-refractivity contribution in [3.8, 4) is 5.75 Å². The number of rotatable bonds is 4. The van der Waals surface area contributed by atoms with Crippen LogP contribution in [0.2, 0.25) is 0 Å².